The molecule has 0 aromatic heterocycles. The predicted molar refractivity (Wildman–Crippen MR) is 87.0 cm³/mol. The number of ether oxygens (including phenoxy) is 1. The minimum absolute atomic E-state index is 0.0406. The van der Waals surface area contributed by atoms with Crippen molar-refractivity contribution in [1.29, 1.82) is 0 Å². The van der Waals surface area contributed by atoms with Crippen molar-refractivity contribution in [2.75, 3.05) is 32.8 Å². The molecule has 1 aromatic rings. The number of hydrogen-bond donors (Lipinski definition) is 1. The predicted octanol–water partition coefficient (Wildman–Crippen LogP) is 2.45. The molecule has 120 valence electrons. The number of nitrogens with zero attached hydrogens (tertiary/aromatic N) is 1. The summed E-state index contributed by atoms with van der Waals surface area (Å²) in [6, 6.07) is 9.50. The number of carbonyl (C=O) groups is 1. The lowest BCUT2D eigenvalue weighted by Gasteiger charge is -2.48. The zero-order valence-electron chi connectivity index (χ0n) is 13.2. The summed E-state index contributed by atoms with van der Waals surface area (Å²) in [5.74, 6) is 0.0406. The lowest BCUT2D eigenvalue weighted by atomic mass is 9.79. The molecule has 1 heterocycles. The lowest BCUT2D eigenvalue weighted by Crippen LogP contribution is -2.59. The Labute approximate surface area is 132 Å². The van der Waals surface area contributed by atoms with Crippen LogP contribution >= 0.6 is 0 Å². The molecule has 4 nitrogen and oxygen atoms in total. The molecular formula is C18H26N2O2. The van der Waals surface area contributed by atoms with Crippen molar-refractivity contribution in [3.05, 3.63) is 35.9 Å². The van der Waals surface area contributed by atoms with Crippen molar-refractivity contribution in [2.45, 2.75) is 37.6 Å². The standard InChI is InChI=1S/C18H26N2O2/c21-17(16-7-3-1-4-8-16)19-15-18(9-5-2-6-10-18)20-11-13-22-14-12-20/h1,3-4,7-8H,2,5-6,9-15H2,(H,19,21). The van der Waals surface area contributed by atoms with Crippen molar-refractivity contribution in [3.63, 3.8) is 0 Å². The number of rotatable bonds is 4. The lowest BCUT2D eigenvalue weighted by molar-refractivity contribution is -0.0361. The summed E-state index contributed by atoms with van der Waals surface area (Å²) < 4.78 is 5.50. The molecule has 0 atom stereocenters. The van der Waals surface area contributed by atoms with Gasteiger partial charge < -0.3 is 10.1 Å². The van der Waals surface area contributed by atoms with E-state index in [1.54, 1.807) is 0 Å². The number of amides is 1. The van der Waals surface area contributed by atoms with E-state index in [0.717, 1.165) is 38.4 Å². The van der Waals surface area contributed by atoms with Gasteiger partial charge in [0.1, 0.15) is 0 Å². The van der Waals surface area contributed by atoms with Gasteiger partial charge in [-0.1, -0.05) is 37.5 Å². The molecule has 1 aliphatic carbocycles. The van der Waals surface area contributed by atoms with Crippen LogP contribution in [0.4, 0.5) is 0 Å². The number of benzene rings is 1. The molecule has 4 heteroatoms. The summed E-state index contributed by atoms with van der Waals surface area (Å²) in [4.78, 5) is 14.9. The Bertz CT molecular complexity index is 477. The maximum atomic E-state index is 12.4. The first-order valence-corrected chi connectivity index (χ1v) is 8.46. The third kappa shape index (κ3) is 3.50. The summed E-state index contributed by atoms with van der Waals surface area (Å²) in [6.07, 6.45) is 6.21. The quantitative estimate of drug-likeness (QED) is 0.929. The largest absolute Gasteiger partial charge is 0.379 e. The topological polar surface area (TPSA) is 41.6 Å². The fourth-order valence-corrected chi connectivity index (χ4v) is 3.79. The average molecular weight is 302 g/mol. The van der Waals surface area contributed by atoms with Gasteiger partial charge in [-0.3, -0.25) is 9.69 Å². The molecule has 0 radical (unpaired) electrons. The van der Waals surface area contributed by atoms with E-state index in [-0.39, 0.29) is 11.4 Å². The van der Waals surface area contributed by atoms with Crippen LogP contribution in [0.2, 0.25) is 0 Å². The van der Waals surface area contributed by atoms with Crippen LogP contribution in [0.1, 0.15) is 42.5 Å². The Hall–Kier alpha value is -1.39. The third-order valence-corrected chi connectivity index (χ3v) is 5.08. The first-order chi connectivity index (χ1) is 10.8. The molecule has 1 aromatic carbocycles. The zero-order valence-corrected chi connectivity index (χ0v) is 13.2. The number of hydrogen-bond acceptors (Lipinski definition) is 3. The molecule has 1 amide bonds. The van der Waals surface area contributed by atoms with E-state index in [2.05, 4.69) is 10.2 Å². The van der Waals surface area contributed by atoms with Gasteiger partial charge in [-0.25, -0.2) is 0 Å². The highest BCUT2D eigenvalue weighted by atomic mass is 16.5. The molecule has 2 aliphatic rings. The van der Waals surface area contributed by atoms with Gasteiger partial charge in [0.25, 0.3) is 5.91 Å². The molecule has 22 heavy (non-hydrogen) atoms. The van der Waals surface area contributed by atoms with Crippen LogP contribution in [0.5, 0.6) is 0 Å². The molecule has 0 bridgehead atoms. The third-order valence-electron chi connectivity index (χ3n) is 5.08. The average Bonchev–Trinajstić information content (AvgIpc) is 2.62. The van der Waals surface area contributed by atoms with Crippen LogP contribution < -0.4 is 5.32 Å². The van der Waals surface area contributed by atoms with Crippen molar-refractivity contribution in [3.8, 4) is 0 Å². The second-order valence-electron chi connectivity index (χ2n) is 6.43. The van der Waals surface area contributed by atoms with Gasteiger partial charge in [0, 0.05) is 30.7 Å². The first kappa shape index (κ1) is 15.5. The zero-order chi connectivity index (χ0) is 15.3. The molecule has 0 spiro atoms. The number of nitrogens with one attached hydrogen (secondary N) is 1. The SMILES string of the molecule is O=C(NCC1(N2CCOCC2)CCCCC1)c1ccccc1. The maximum absolute atomic E-state index is 12.4. The first-order valence-electron chi connectivity index (χ1n) is 8.46. The van der Waals surface area contributed by atoms with Crippen LogP contribution in [-0.4, -0.2) is 49.2 Å². The van der Waals surface area contributed by atoms with Crippen LogP contribution in [0.3, 0.4) is 0 Å². The van der Waals surface area contributed by atoms with E-state index >= 15 is 0 Å². The normalized spacial score (nSPS) is 22.2. The summed E-state index contributed by atoms with van der Waals surface area (Å²) in [5, 5.41) is 3.19. The van der Waals surface area contributed by atoms with Crippen LogP contribution in [0.25, 0.3) is 0 Å². The van der Waals surface area contributed by atoms with Crippen molar-refractivity contribution in [1.82, 2.24) is 10.2 Å². The smallest absolute Gasteiger partial charge is 0.251 e. The van der Waals surface area contributed by atoms with Gasteiger partial charge >= 0.3 is 0 Å². The van der Waals surface area contributed by atoms with Gasteiger partial charge in [-0.2, -0.15) is 0 Å². The van der Waals surface area contributed by atoms with Crippen LogP contribution in [0, 0.1) is 0 Å². The van der Waals surface area contributed by atoms with E-state index in [0.29, 0.717) is 0 Å². The fourth-order valence-electron chi connectivity index (χ4n) is 3.79. The Balaban J connectivity index is 1.66. The molecular weight excluding hydrogens is 276 g/mol. The maximum Gasteiger partial charge on any atom is 0.251 e. The molecule has 1 aliphatic heterocycles. The highest BCUT2D eigenvalue weighted by molar-refractivity contribution is 5.94. The summed E-state index contributed by atoms with van der Waals surface area (Å²) in [6.45, 7) is 4.35. The number of carbonyl (C=O) groups excluding carboxylic acids is 1. The van der Waals surface area contributed by atoms with Gasteiger partial charge in [-0.05, 0) is 25.0 Å². The van der Waals surface area contributed by atoms with Gasteiger partial charge in [0.15, 0.2) is 0 Å². The minimum atomic E-state index is 0.0406. The molecule has 1 saturated heterocycles. The van der Waals surface area contributed by atoms with Crippen molar-refractivity contribution < 1.29 is 9.53 Å². The summed E-state index contributed by atoms with van der Waals surface area (Å²) in [5.41, 5.74) is 0.877. The van der Waals surface area contributed by atoms with Crippen LogP contribution in [0.15, 0.2) is 30.3 Å². The monoisotopic (exact) mass is 302 g/mol. The van der Waals surface area contributed by atoms with Crippen LogP contribution in [-0.2, 0) is 4.74 Å². The summed E-state index contributed by atoms with van der Waals surface area (Å²) in [7, 11) is 0. The van der Waals surface area contributed by atoms with E-state index in [1.807, 2.05) is 30.3 Å². The molecule has 3 rings (SSSR count). The van der Waals surface area contributed by atoms with E-state index in [9.17, 15) is 4.79 Å². The number of morpholine rings is 1. The highest BCUT2D eigenvalue weighted by Crippen LogP contribution is 2.33. The Morgan fingerprint density at radius 3 is 2.45 bits per heavy atom. The van der Waals surface area contributed by atoms with Gasteiger partial charge in [0.05, 0.1) is 13.2 Å². The van der Waals surface area contributed by atoms with E-state index in [4.69, 9.17) is 4.74 Å². The van der Waals surface area contributed by atoms with Gasteiger partial charge in [-0.15, -0.1) is 0 Å². The van der Waals surface area contributed by atoms with Gasteiger partial charge in [0.2, 0.25) is 0 Å². The van der Waals surface area contributed by atoms with E-state index in [1.165, 1.54) is 32.1 Å². The Morgan fingerprint density at radius 1 is 1.09 bits per heavy atom. The second kappa shape index (κ2) is 7.25. The Morgan fingerprint density at radius 2 is 1.77 bits per heavy atom. The summed E-state index contributed by atoms with van der Waals surface area (Å²) >= 11 is 0. The Kier molecular flexibility index (Phi) is 5.11. The molecule has 0 unspecified atom stereocenters. The van der Waals surface area contributed by atoms with Crippen molar-refractivity contribution >= 4 is 5.91 Å². The molecule has 1 N–H and O–H groups in total. The molecule has 2 fully saturated rings. The minimum Gasteiger partial charge on any atom is -0.379 e. The fraction of sp³-hybridized carbons (Fsp3) is 0.611. The van der Waals surface area contributed by atoms with E-state index < -0.39 is 0 Å². The molecule has 1 saturated carbocycles. The second-order valence-corrected chi connectivity index (χ2v) is 6.43. The highest BCUT2D eigenvalue weighted by Gasteiger charge is 2.38. The van der Waals surface area contributed by atoms with Crippen molar-refractivity contribution in [2.24, 2.45) is 0 Å².